The van der Waals surface area contributed by atoms with E-state index in [1.54, 1.807) is 0 Å². The van der Waals surface area contributed by atoms with Gasteiger partial charge < -0.3 is 0 Å². The zero-order valence-corrected chi connectivity index (χ0v) is 11.9. The molecule has 0 unspecified atom stereocenters. The van der Waals surface area contributed by atoms with Crippen molar-refractivity contribution in [2.45, 2.75) is 0 Å². The summed E-state index contributed by atoms with van der Waals surface area (Å²) in [5.74, 6) is 0. The van der Waals surface area contributed by atoms with Crippen LogP contribution in [0.5, 0.6) is 0 Å². The SMILES string of the molecule is [Al].[Fe].[Fe].[Fe].[Fe].[Fe].[Fe].[Fe]. The molecule has 0 aromatic rings. The summed E-state index contributed by atoms with van der Waals surface area (Å²) in [5.41, 5.74) is 0. The van der Waals surface area contributed by atoms with Crippen LogP contribution in [0.25, 0.3) is 0 Å². The molecule has 0 aromatic carbocycles. The van der Waals surface area contributed by atoms with Gasteiger partial charge in [0.25, 0.3) is 0 Å². The van der Waals surface area contributed by atoms with Crippen molar-refractivity contribution in [3.8, 4) is 0 Å². The predicted molar refractivity (Wildman–Crippen MR) is 5.75 cm³/mol. The summed E-state index contributed by atoms with van der Waals surface area (Å²) in [5, 5.41) is 0. The second-order valence-corrected chi connectivity index (χ2v) is 0. The van der Waals surface area contributed by atoms with Crippen LogP contribution in [-0.2, 0) is 119 Å². The molecule has 0 atom stereocenters. The molecule has 0 aromatic heterocycles. The van der Waals surface area contributed by atoms with Gasteiger partial charge in [-0.1, -0.05) is 0 Å². The van der Waals surface area contributed by atoms with Crippen LogP contribution in [0.15, 0.2) is 0 Å². The second-order valence-electron chi connectivity index (χ2n) is 0. The van der Waals surface area contributed by atoms with Crippen LogP contribution in [-0.4, -0.2) is 17.4 Å². The van der Waals surface area contributed by atoms with Gasteiger partial charge in [0.15, 0.2) is 0 Å². The Morgan fingerprint density at radius 3 is 0.250 bits per heavy atom. The molecule has 8 heavy (non-hydrogen) atoms. The minimum absolute atomic E-state index is 0. The molecule has 0 heterocycles. The molecule has 0 aliphatic carbocycles. The Morgan fingerprint density at radius 1 is 0.250 bits per heavy atom. The molecule has 0 aliphatic rings. The van der Waals surface area contributed by atoms with E-state index in [4.69, 9.17) is 0 Å². The fraction of sp³-hybridized carbons (Fsp3) is 0. The minimum Gasteiger partial charge on any atom is 0 e. The summed E-state index contributed by atoms with van der Waals surface area (Å²) in [6.07, 6.45) is 0. The van der Waals surface area contributed by atoms with Gasteiger partial charge in [0.2, 0.25) is 0 Å². The average Bonchev–Trinajstić information content (AvgIpc) is 0. The first-order chi connectivity index (χ1) is 0. The average molecular weight is 418 g/mol. The topological polar surface area (TPSA) is 0 Å². The first kappa shape index (κ1) is 87.3. The van der Waals surface area contributed by atoms with Crippen LogP contribution in [0.1, 0.15) is 0 Å². The third-order valence-corrected chi connectivity index (χ3v) is 0. The number of hydrogen-bond donors (Lipinski definition) is 0. The van der Waals surface area contributed by atoms with Crippen molar-refractivity contribution >= 4 is 17.4 Å². The summed E-state index contributed by atoms with van der Waals surface area (Å²) >= 11 is 0. The fourth-order valence-corrected chi connectivity index (χ4v) is 0. The van der Waals surface area contributed by atoms with Gasteiger partial charge in [0.1, 0.15) is 0 Å². The first-order valence-corrected chi connectivity index (χ1v) is 0. The van der Waals surface area contributed by atoms with Crippen molar-refractivity contribution in [1.29, 1.82) is 0 Å². The molecule has 8 heteroatoms. The van der Waals surface area contributed by atoms with E-state index in [1.165, 1.54) is 0 Å². The van der Waals surface area contributed by atoms with Gasteiger partial charge in [-0.05, 0) is 0 Å². The van der Waals surface area contributed by atoms with Crippen molar-refractivity contribution in [2.75, 3.05) is 0 Å². The predicted octanol–water partition coefficient (Wildman–Crippen LogP) is -0.398. The van der Waals surface area contributed by atoms with E-state index in [2.05, 4.69) is 0 Å². The van der Waals surface area contributed by atoms with E-state index in [9.17, 15) is 0 Å². The van der Waals surface area contributed by atoms with Crippen LogP contribution >= 0.6 is 0 Å². The van der Waals surface area contributed by atoms with Crippen LogP contribution in [0.4, 0.5) is 0 Å². The summed E-state index contributed by atoms with van der Waals surface area (Å²) in [4.78, 5) is 0. The van der Waals surface area contributed by atoms with Gasteiger partial charge in [-0.15, -0.1) is 0 Å². The summed E-state index contributed by atoms with van der Waals surface area (Å²) in [6.45, 7) is 0. The Bertz CT molecular complexity index is 4.35. The van der Waals surface area contributed by atoms with Crippen molar-refractivity contribution in [3.63, 3.8) is 0 Å². The largest absolute Gasteiger partial charge is 0 e. The molecular formula is AlFe7. The molecule has 0 bridgehead atoms. The molecular weight excluding hydrogens is 418 g/mol. The Hall–Kier alpha value is 4.17. The van der Waals surface area contributed by atoms with Gasteiger partial charge in [0.05, 0.1) is 0 Å². The van der Waals surface area contributed by atoms with Gasteiger partial charge in [-0.2, -0.15) is 0 Å². The molecule has 0 amide bonds. The van der Waals surface area contributed by atoms with Gasteiger partial charge in [-0.3, -0.25) is 0 Å². The quantitative estimate of drug-likeness (QED) is 0.471. The van der Waals surface area contributed by atoms with Crippen molar-refractivity contribution in [2.24, 2.45) is 0 Å². The second kappa shape index (κ2) is 66.5. The normalized spacial score (nSPS) is 0. The van der Waals surface area contributed by atoms with Crippen molar-refractivity contribution in [3.05, 3.63) is 0 Å². The summed E-state index contributed by atoms with van der Waals surface area (Å²) in [6, 6.07) is 0. The van der Waals surface area contributed by atoms with Crippen molar-refractivity contribution in [1.82, 2.24) is 0 Å². The maximum Gasteiger partial charge on any atom is 0 e. The molecule has 0 aliphatic heterocycles. The van der Waals surface area contributed by atoms with Crippen LogP contribution in [0.2, 0.25) is 0 Å². The zero-order chi connectivity index (χ0) is 0. The van der Waals surface area contributed by atoms with E-state index in [0.717, 1.165) is 0 Å². The van der Waals surface area contributed by atoms with E-state index in [1.807, 2.05) is 0 Å². The minimum atomic E-state index is 0. The van der Waals surface area contributed by atoms with Crippen LogP contribution in [0.3, 0.4) is 0 Å². The molecule has 0 rings (SSSR count). The number of rotatable bonds is 0. The van der Waals surface area contributed by atoms with E-state index in [0.29, 0.717) is 0 Å². The van der Waals surface area contributed by atoms with Gasteiger partial charge in [0, 0.05) is 137 Å². The van der Waals surface area contributed by atoms with Crippen LogP contribution in [0, 0.1) is 0 Å². The van der Waals surface area contributed by atoms with E-state index < -0.39 is 0 Å². The van der Waals surface area contributed by atoms with E-state index in [-0.39, 0.29) is 137 Å². The van der Waals surface area contributed by atoms with Crippen LogP contribution < -0.4 is 0 Å². The molecule has 3 radical (unpaired) electrons. The van der Waals surface area contributed by atoms with Gasteiger partial charge >= 0.3 is 0 Å². The van der Waals surface area contributed by atoms with E-state index >= 15 is 0 Å². The third kappa shape index (κ3) is 49.2. The Morgan fingerprint density at radius 2 is 0.250 bits per heavy atom. The smallest absolute Gasteiger partial charge is 0 e. The zero-order valence-electron chi connectivity index (χ0n) is 3.05. The Labute approximate surface area is 134 Å². The summed E-state index contributed by atoms with van der Waals surface area (Å²) < 4.78 is 0. The maximum atomic E-state index is 0. The molecule has 0 fully saturated rings. The molecule has 59 valence electrons. The van der Waals surface area contributed by atoms with Gasteiger partial charge in [-0.25, -0.2) is 0 Å². The number of hydrogen-bond acceptors (Lipinski definition) is 0. The molecule has 0 spiro atoms. The molecule has 0 nitrogen and oxygen atoms in total. The van der Waals surface area contributed by atoms with Crippen molar-refractivity contribution < 1.29 is 119 Å². The molecule has 0 saturated heterocycles. The first-order valence-electron chi connectivity index (χ1n) is 0. The molecule has 0 N–H and O–H groups in total. The maximum absolute atomic E-state index is 0. The summed E-state index contributed by atoms with van der Waals surface area (Å²) in [7, 11) is 0. The Balaban J connectivity index is 0. The third-order valence-electron chi connectivity index (χ3n) is 0. The Kier molecular flexibility index (Phi) is 726. The fourth-order valence-electron chi connectivity index (χ4n) is 0. The molecule has 0 saturated carbocycles. The standard InChI is InChI=1S/Al.7Fe. The monoisotopic (exact) mass is 419 g/mol.